The van der Waals surface area contributed by atoms with Crippen LogP contribution in [0.4, 0.5) is 5.69 Å². The van der Waals surface area contributed by atoms with Crippen molar-refractivity contribution >= 4 is 33.4 Å². The van der Waals surface area contributed by atoms with E-state index >= 15 is 0 Å². The molecular weight excluding hydrogens is 336 g/mol. The van der Waals surface area contributed by atoms with Gasteiger partial charge in [0.05, 0.1) is 6.61 Å². The van der Waals surface area contributed by atoms with Crippen LogP contribution >= 0.6 is 27.7 Å². The molecule has 0 atom stereocenters. The third kappa shape index (κ3) is 4.95. The number of thioether (sulfide) groups is 1. The second-order valence-electron chi connectivity index (χ2n) is 4.90. The summed E-state index contributed by atoms with van der Waals surface area (Å²) in [6.07, 6.45) is 1.28. The predicted molar refractivity (Wildman–Crippen MR) is 91.9 cm³/mol. The number of halogens is 1. The lowest BCUT2D eigenvalue weighted by Crippen LogP contribution is -2.28. The Morgan fingerprint density at radius 2 is 2.25 bits per heavy atom. The molecule has 1 aromatic rings. The lowest BCUT2D eigenvalue weighted by Gasteiger charge is -2.25. The van der Waals surface area contributed by atoms with Crippen LogP contribution in [0.3, 0.4) is 0 Å². The van der Waals surface area contributed by atoms with E-state index < -0.39 is 0 Å². The smallest absolute Gasteiger partial charge is 0.0587 e. The van der Waals surface area contributed by atoms with Gasteiger partial charge in [0, 0.05) is 49.2 Å². The molecule has 0 bridgehead atoms. The van der Waals surface area contributed by atoms with Gasteiger partial charge >= 0.3 is 0 Å². The van der Waals surface area contributed by atoms with Crippen LogP contribution < -0.4 is 10.2 Å². The first-order valence-electron chi connectivity index (χ1n) is 7.12. The predicted octanol–water partition coefficient (Wildman–Crippen LogP) is 3.13. The molecule has 20 heavy (non-hydrogen) atoms. The van der Waals surface area contributed by atoms with Crippen molar-refractivity contribution in [2.45, 2.75) is 13.0 Å². The topological polar surface area (TPSA) is 24.5 Å². The van der Waals surface area contributed by atoms with E-state index in [1.807, 2.05) is 0 Å². The van der Waals surface area contributed by atoms with Gasteiger partial charge in [-0.3, -0.25) is 0 Å². The molecule has 0 saturated carbocycles. The average Bonchev–Trinajstić information content (AvgIpc) is 2.73. The summed E-state index contributed by atoms with van der Waals surface area (Å²) in [5.41, 5.74) is 2.74. The highest BCUT2D eigenvalue weighted by atomic mass is 79.9. The Morgan fingerprint density at radius 1 is 1.35 bits per heavy atom. The second-order valence-corrected chi connectivity index (χ2v) is 7.04. The van der Waals surface area contributed by atoms with Crippen LogP contribution in [0.5, 0.6) is 0 Å². The van der Waals surface area contributed by atoms with Gasteiger partial charge in [-0.2, -0.15) is 11.8 Å². The first-order chi connectivity index (χ1) is 9.81. The van der Waals surface area contributed by atoms with E-state index in [1.165, 1.54) is 35.7 Å². The normalized spacial score (nSPS) is 16.2. The third-order valence-corrected chi connectivity index (χ3v) is 4.94. The van der Waals surface area contributed by atoms with Crippen LogP contribution in [-0.4, -0.2) is 44.9 Å². The fraction of sp³-hybridized carbons (Fsp3) is 0.600. The molecule has 0 aliphatic carbocycles. The van der Waals surface area contributed by atoms with Gasteiger partial charge in [0.2, 0.25) is 0 Å². The van der Waals surface area contributed by atoms with Crippen molar-refractivity contribution in [3.05, 3.63) is 28.2 Å². The van der Waals surface area contributed by atoms with Crippen molar-refractivity contribution < 1.29 is 4.74 Å². The van der Waals surface area contributed by atoms with Crippen LogP contribution in [-0.2, 0) is 11.3 Å². The molecule has 1 fully saturated rings. The molecular formula is C15H23BrN2OS. The first-order valence-corrected chi connectivity index (χ1v) is 9.07. The van der Waals surface area contributed by atoms with Gasteiger partial charge in [-0.25, -0.2) is 0 Å². The summed E-state index contributed by atoms with van der Waals surface area (Å²) < 4.78 is 6.23. The molecule has 1 aliphatic heterocycles. The van der Waals surface area contributed by atoms with Crippen molar-refractivity contribution in [1.29, 1.82) is 0 Å². The number of rotatable bonds is 6. The van der Waals surface area contributed by atoms with Gasteiger partial charge in [-0.1, -0.05) is 15.9 Å². The Kier molecular flexibility index (Phi) is 7.21. The fourth-order valence-electron chi connectivity index (χ4n) is 2.39. The van der Waals surface area contributed by atoms with E-state index in [0.29, 0.717) is 0 Å². The molecule has 112 valence electrons. The van der Waals surface area contributed by atoms with Crippen LogP contribution in [0, 0.1) is 0 Å². The zero-order chi connectivity index (χ0) is 14.2. The maximum Gasteiger partial charge on any atom is 0.0587 e. The summed E-state index contributed by atoms with van der Waals surface area (Å²) in [4.78, 5) is 2.53. The van der Waals surface area contributed by atoms with Gasteiger partial charge in [0.1, 0.15) is 0 Å². The molecule has 3 nitrogen and oxygen atoms in total. The highest BCUT2D eigenvalue weighted by Crippen LogP contribution is 2.26. The molecule has 0 amide bonds. The fourth-order valence-corrected chi connectivity index (χ4v) is 3.68. The van der Waals surface area contributed by atoms with E-state index in [9.17, 15) is 0 Å². The lowest BCUT2D eigenvalue weighted by molar-refractivity contribution is 0.199. The van der Waals surface area contributed by atoms with E-state index in [4.69, 9.17) is 4.74 Å². The van der Waals surface area contributed by atoms with Crippen molar-refractivity contribution in [3.63, 3.8) is 0 Å². The van der Waals surface area contributed by atoms with Gasteiger partial charge in [-0.05, 0) is 35.9 Å². The number of anilines is 1. The summed E-state index contributed by atoms with van der Waals surface area (Å²) in [5.74, 6) is 2.51. The number of hydrogen-bond donors (Lipinski definition) is 1. The van der Waals surface area contributed by atoms with Crippen LogP contribution in [0.15, 0.2) is 22.7 Å². The summed E-state index contributed by atoms with van der Waals surface area (Å²) in [6, 6.07) is 6.62. The highest BCUT2D eigenvalue weighted by molar-refractivity contribution is 9.10. The molecule has 0 radical (unpaired) electrons. The highest BCUT2D eigenvalue weighted by Gasteiger charge is 2.13. The van der Waals surface area contributed by atoms with Crippen molar-refractivity contribution in [1.82, 2.24) is 5.32 Å². The van der Waals surface area contributed by atoms with Crippen LogP contribution in [0.25, 0.3) is 0 Å². The first kappa shape index (κ1) is 16.1. The number of benzene rings is 1. The monoisotopic (exact) mass is 358 g/mol. The molecule has 5 heteroatoms. The molecule has 1 saturated heterocycles. The van der Waals surface area contributed by atoms with Crippen molar-refractivity contribution in [2.75, 3.05) is 49.8 Å². The Labute approximate surface area is 134 Å². The van der Waals surface area contributed by atoms with Gasteiger partial charge < -0.3 is 15.0 Å². The third-order valence-electron chi connectivity index (χ3n) is 3.40. The Bertz CT molecular complexity index is 409. The molecule has 2 rings (SSSR count). The lowest BCUT2D eigenvalue weighted by atomic mass is 10.1. The maximum absolute atomic E-state index is 5.08. The molecule has 0 aromatic heterocycles. The molecule has 0 spiro atoms. The molecule has 1 heterocycles. The SMILES string of the molecule is COCCNCc1cc(Br)ccc1N1CCCSCC1. The molecule has 1 N–H and O–H groups in total. The Morgan fingerprint density at radius 3 is 3.10 bits per heavy atom. The maximum atomic E-state index is 5.08. The minimum absolute atomic E-state index is 0.754. The number of nitrogens with zero attached hydrogens (tertiary/aromatic N) is 1. The standard InChI is InChI=1S/C15H23BrN2OS/c1-19-8-5-17-12-13-11-14(16)3-4-15(13)18-6-2-9-20-10-7-18/h3-4,11,17H,2,5-10,12H2,1H3. The quantitative estimate of drug-likeness (QED) is 0.789. The van der Waals surface area contributed by atoms with Crippen LogP contribution in [0.1, 0.15) is 12.0 Å². The summed E-state index contributed by atoms with van der Waals surface area (Å²) in [7, 11) is 1.74. The summed E-state index contributed by atoms with van der Waals surface area (Å²) in [5, 5.41) is 3.45. The minimum atomic E-state index is 0.754. The van der Waals surface area contributed by atoms with E-state index in [0.717, 1.165) is 30.7 Å². The van der Waals surface area contributed by atoms with Gasteiger partial charge in [-0.15, -0.1) is 0 Å². The van der Waals surface area contributed by atoms with Crippen molar-refractivity contribution in [3.8, 4) is 0 Å². The number of ether oxygens (including phenoxy) is 1. The van der Waals surface area contributed by atoms with Gasteiger partial charge in [0.25, 0.3) is 0 Å². The summed E-state index contributed by atoms with van der Waals surface area (Å²) in [6.45, 7) is 4.85. The van der Waals surface area contributed by atoms with E-state index in [2.05, 4.69) is 56.1 Å². The van der Waals surface area contributed by atoms with Crippen molar-refractivity contribution in [2.24, 2.45) is 0 Å². The van der Waals surface area contributed by atoms with E-state index in [-0.39, 0.29) is 0 Å². The molecule has 1 aliphatic rings. The van der Waals surface area contributed by atoms with Gasteiger partial charge in [0.15, 0.2) is 0 Å². The molecule has 0 unspecified atom stereocenters. The molecule has 1 aromatic carbocycles. The Balaban J connectivity index is 2.05. The van der Waals surface area contributed by atoms with Crippen LogP contribution in [0.2, 0.25) is 0 Å². The van der Waals surface area contributed by atoms with E-state index in [1.54, 1.807) is 7.11 Å². The summed E-state index contributed by atoms with van der Waals surface area (Å²) >= 11 is 5.65. The average molecular weight is 359 g/mol. The number of nitrogens with one attached hydrogen (secondary N) is 1. The zero-order valence-corrected chi connectivity index (χ0v) is 14.4. The Hall–Kier alpha value is -0.230. The second kappa shape index (κ2) is 8.93. The number of hydrogen-bond acceptors (Lipinski definition) is 4. The zero-order valence-electron chi connectivity index (χ0n) is 12.0. The minimum Gasteiger partial charge on any atom is -0.383 e. The largest absolute Gasteiger partial charge is 0.383 e. The number of methoxy groups -OCH3 is 1.